The second-order valence-corrected chi connectivity index (χ2v) is 23.1. The number of fused-ring (bicyclic) bond motifs is 2. The Morgan fingerprint density at radius 2 is 1.63 bits per heavy atom. The molecule has 3 aromatic rings. The monoisotopic (exact) mass is 912 g/mol. The highest BCUT2D eigenvalue weighted by Gasteiger charge is 2.72. The first-order valence-corrected chi connectivity index (χ1v) is 24.1. The number of nitro benzene ring substituents is 1. The van der Waals surface area contributed by atoms with E-state index >= 15 is 4.39 Å². The average molecular weight is 913 g/mol. The molecule has 3 aromatic carbocycles. The van der Waals surface area contributed by atoms with Crippen LogP contribution < -0.4 is 5.32 Å². The Hall–Kier alpha value is -5.10. The number of alkyl carbamates (subject to hydrolysis) is 1. The summed E-state index contributed by atoms with van der Waals surface area (Å²) < 4.78 is 85.5. The molecule has 63 heavy (non-hydrogen) atoms. The average Bonchev–Trinajstić information content (AvgIpc) is 3.65. The van der Waals surface area contributed by atoms with Crippen LogP contribution in [-0.4, -0.2) is 84.0 Å². The lowest BCUT2D eigenvalue weighted by atomic mass is 9.69. The van der Waals surface area contributed by atoms with Gasteiger partial charge in [-0.2, -0.15) is 0 Å². The summed E-state index contributed by atoms with van der Waals surface area (Å²) in [6, 6.07) is 15.3. The van der Waals surface area contributed by atoms with Gasteiger partial charge in [-0.05, 0) is 120 Å². The third-order valence-corrected chi connectivity index (χ3v) is 16.4. The van der Waals surface area contributed by atoms with E-state index in [1.807, 2.05) is 36.4 Å². The van der Waals surface area contributed by atoms with Crippen molar-refractivity contribution in [3.8, 4) is 0 Å². The lowest BCUT2D eigenvalue weighted by molar-refractivity contribution is -0.387. The Kier molecular flexibility index (Phi) is 12.9. The number of nitrogens with zero attached hydrogens (tertiary/aromatic N) is 3. The Labute approximate surface area is 368 Å². The van der Waals surface area contributed by atoms with E-state index in [1.165, 1.54) is 32.9 Å². The molecule has 1 aliphatic heterocycles. The summed E-state index contributed by atoms with van der Waals surface area (Å²) in [4.78, 5) is 51.8. The van der Waals surface area contributed by atoms with Crippen molar-refractivity contribution >= 4 is 54.6 Å². The van der Waals surface area contributed by atoms with Crippen LogP contribution in [0.1, 0.15) is 93.1 Å². The van der Waals surface area contributed by atoms with Crippen LogP contribution in [0.4, 0.5) is 19.7 Å². The number of halogens is 1. The van der Waals surface area contributed by atoms with E-state index in [1.54, 1.807) is 26.8 Å². The zero-order chi connectivity index (χ0) is 46.5. The number of ether oxygens (including phenoxy) is 2. The number of amides is 3. The van der Waals surface area contributed by atoms with E-state index in [9.17, 15) is 41.3 Å². The summed E-state index contributed by atoms with van der Waals surface area (Å²) in [5.74, 6) is -3.20. The van der Waals surface area contributed by atoms with Crippen molar-refractivity contribution in [2.45, 2.75) is 122 Å². The van der Waals surface area contributed by atoms with Crippen LogP contribution in [0.3, 0.4) is 0 Å². The van der Waals surface area contributed by atoms with Crippen LogP contribution in [0.25, 0.3) is 10.8 Å². The Bertz CT molecular complexity index is 2550. The summed E-state index contributed by atoms with van der Waals surface area (Å²) in [5.41, 5.74) is -3.37. The zero-order valence-electron chi connectivity index (χ0n) is 36.9. The number of benzene rings is 3. The van der Waals surface area contributed by atoms with Crippen molar-refractivity contribution in [3.63, 3.8) is 0 Å². The maximum atomic E-state index is 17.2. The van der Waals surface area contributed by atoms with E-state index < -0.39 is 101 Å². The molecule has 1 spiro atoms. The highest BCUT2D eigenvalue weighted by molar-refractivity contribution is 7.90. The standard InChI is InChI=1S/C45H57FN4O11S2/c1-42(2,3)60-40(52)47-35(16-13-23-48(41(53)61-43(4,5)6)63(58,59)37-18-12-11-17-36(37)50(54)55)34(46)26-32(25-29-19-20-30-14-9-10-15-31(30)24-29)39(51)49-38-27-33-21-22-45(38,44(33,7)8)28-62(49,56)57/h9-12,14-15,17-20,24,26,32-33,35,38H,13,16,21-23,25,27-28H2,1-8H3,(H,47,52)/b34-26-/t32-,33-,35+,38-,45-/m1/s1. The Balaban J connectivity index is 1.37. The topological polar surface area (TPSA) is 200 Å². The quantitative estimate of drug-likeness (QED) is 0.128. The second-order valence-electron chi connectivity index (χ2n) is 19.4. The van der Waals surface area contributed by atoms with Gasteiger partial charge in [-0.3, -0.25) is 14.9 Å². The molecule has 6 rings (SSSR count). The minimum atomic E-state index is -4.94. The maximum Gasteiger partial charge on any atom is 0.424 e. The number of hydrogen-bond donors (Lipinski definition) is 1. The number of hydrogen-bond acceptors (Lipinski definition) is 11. The van der Waals surface area contributed by atoms with E-state index in [0.29, 0.717) is 22.7 Å². The number of nitro groups is 1. The molecule has 1 heterocycles. The highest BCUT2D eigenvalue weighted by Crippen LogP contribution is 2.70. The molecule has 2 bridgehead atoms. The zero-order valence-corrected chi connectivity index (χ0v) is 38.6. The van der Waals surface area contributed by atoms with Crippen molar-refractivity contribution in [1.82, 2.24) is 13.9 Å². The molecule has 3 aliphatic rings. The first-order valence-electron chi connectivity index (χ1n) is 21.1. The van der Waals surface area contributed by atoms with Crippen molar-refractivity contribution in [3.05, 3.63) is 94.3 Å². The number of carbonyl (C=O) groups is 3. The fourth-order valence-electron chi connectivity index (χ4n) is 9.62. The summed E-state index contributed by atoms with van der Waals surface area (Å²) in [5, 5.41) is 16.1. The van der Waals surface area contributed by atoms with Gasteiger partial charge in [0.1, 0.15) is 17.0 Å². The van der Waals surface area contributed by atoms with Gasteiger partial charge in [0, 0.05) is 18.0 Å². The van der Waals surface area contributed by atoms with E-state index in [4.69, 9.17) is 9.47 Å². The first kappa shape index (κ1) is 47.4. The largest absolute Gasteiger partial charge is 0.444 e. The molecular formula is C45H57FN4O11S2. The summed E-state index contributed by atoms with van der Waals surface area (Å²) in [7, 11) is -9.07. The van der Waals surface area contributed by atoms with Gasteiger partial charge in [0.15, 0.2) is 4.90 Å². The van der Waals surface area contributed by atoms with Gasteiger partial charge < -0.3 is 14.8 Å². The Morgan fingerprint density at radius 1 is 1.00 bits per heavy atom. The predicted molar refractivity (Wildman–Crippen MR) is 234 cm³/mol. The van der Waals surface area contributed by atoms with Gasteiger partial charge >= 0.3 is 12.2 Å². The van der Waals surface area contributed by atoms with Crippen LogP contribution in [-0.2, 0) is 40.7 Å². The van der Waals surface area contributed by atoms with Crippen molar-refractivity contribution < 1.29 is 50.0 Å². The molecule has 3 fully saturated rings. The normalized spacial score (nSPS) is 22.6. The molecule has 0 unspecified atom stereocenters. The second kappa shape index (κ2) is 17.1. The van der Waals surface area contributed by atoms with Crippen LogP contribution >= 0.6 is 0 Å². The van der Waals surface area contributed by atoms with Gasteiger partial charge in [0.25, 0.3) is 15.7 Å². The van der Waals surface area contributed by atoms with E-state index in [0.717, 1.165) is 39.7 Å². The highest BCUT2D eigenvalue weighted by atomic mass is 32.2. The van der Waals surface area contributed by atoms with Crippen LogP contribution in [0.15, 0.2) is 83.5 Å². The number of carbonyl (C=O) groups excluding carboxylic acids is 3. The molecule has 3 amide bonds. The van der Waals surface area contributed by atoms with Gasteiger partial charge in [0.2, 0.25) is 15.9 Å². The van der Waals surface area contributed by atoms with Gasteiger partial charge in [-0.25, -0.2) is 39.4 Å². The third kappa shape index (κ3) is 9.71. The number of rotatable bonds is 13. The van der Waals surface area contributed by atoms with Gasteiger partial charge in [0.05, 0.1) is 28.7 Å². The molecule has 2 saturated carbocycles. The minimum Gasteiger partial charge on any atom is -0.444 e. The molecule has 2 aliphatic carbocycles. The van der Waals surface area contributed by atoms with Crippen LogP contribution in [0, 0.1) is 32.8 Å². The summed E-state index contributed by atoms with van der Waals surface area (Å²) in [6.45, 7) is 12.7. The fraction of sp³-hybridized carbons (Fsp3) is 0.533. The maximum absolute atomic E-state index is 17.2. The van der Waals surface area contributed by atoms with E-state index in [2.05, 4.69) is 19.2 Å². The number of para-hydroxylation sites is 1. The lowest BCUT2D eigenvalue weighted by Gasteiger charge is -2.37. The molecule has 342 valence electrons. The smallest absolute Gasteiger partial charge is 0.424 e. The molecule has 0 radical (unpaired) electrons. The molecule has 15 nitrogen and oxygen atoms in total. The summed E-state index contributed by atoms with van der Waals surface area (Å²) >= 11 is 0. The van der Waals surface area contributed by atoms with Gasteiger partial charge in [-0.15, -0.1) is 0 Å². The van der Waals surface area contributed by atoms with Crippen molar-refractivity contribution in [2.24, 2.45) is 22.7 Å². The van der Waals surface area contributed by atoms with Crippen LogP contribution in [0.5, 0.6) is 0 Å². The SMILES string of the molecule is CC(C)(C)OC(=O)N[C@@H](CCCN(C(=O)OC(C)(C)C)S(=O)(=O)c1ccccc1[N+](=O)[O-])/C(F)=C/[C@@H](Cc1ccc2ccccc2c1)C(=O)N1[C@@H]2C[C@H]3CC[C@]2(CS1(=O)=O)C3(C)C. The van der Waals surface area contributed by atoms with Gasteiger partial charge in [-0.1, -0.05) is 68.4 Å². The molecule has 0 aromatic heterocycles. The summed E-state index contributed by atoms with van der Waals surface area (Å²) in [6.07, 6.45) is -0.195. The van der Waals surface area contributed by atoms with Crippen molar-refractivity contribution in [1.29, 1.82) is 0 Å². The molecular weight excluding hydrogens is 856 g/mol. The molecule has 5 atom stereocenters. The molecule has 18 heteroatoms. The molecule has 1 N–H and O–H groups in total. The first-order chi connectivity index (χ1) is 29.2. The number of sulfonamides is 2. The third-order valence-electron chi connectivity index (χ3n) is 12.7. The Morgan fingerprint density at radius 3 is 2.27 bits per heavy atom. The van der Waals surface area contributed by atoms with E-state index in [-0.39, 0.29) is 36.3 Å². The fourth-order valence-corrected chi connectivity index (χ4v) is 13.7. The van der Waals surface area contributed by atoms with Crippen molar-refractivity contribution in [2.75, 3.05) is 12.3 Å². The predicted octanol–water partition coefficient (Wildman–Crippen LogP) is 8.43. The van der Waals surface area contributed by atoms with Crippen LogP contribution in [0.2, 0.25) is 0 Å². The lowest BCUT2D eigenvalue weighted by Crippen LogP contribution is -2.46. The molecule has 1 saturated heterocycles. The minimum absolute atomic E-state index is 0.102. The number of nitrogens with one attached hydrogen (secondary N) is 1.